The molecule has 1 atom stereocenters. The molecule has 3 rings (SSSR count). The molecule has 0 bridgehead atoms. The lowest BCUT2D eigenvalue weighted by molar-refractivity contribution is 0.0527. The van der Waals surface area contributed by atoms with Gasteiger partial charge in [-0.2, -0.15) is 0 Å². The van der Waals surface area contributed by atoms with E-state index in [9.17, 15) is 9.59 Å². The average Bonchev–Trinajstić information content (AvgIpc) is 3.21. The van der Waals surface area contributed by atoms with Crippen molar-refractivity contribution in [2.45, 2.75) is 25.9 Å². The molecular weight excluding hydrogens is 346 g/mol. The van der Waals surface area contributed by atoms with Gasteiger partial charge in [0.2, 0.25) is 0 Å². The molecule has 1 aliphatic rings. The lowest BCUT2D eigenvalue weighted by Crippen LogP contribution is -2.19. The Hall–Kier alpha value is -2.93. The van der Waals surface area contributed by atoms with Gasteiger partial charge in [-0.25, -0.2) is 9.78 Å². The molecule has 7 nitrogen and oxygen atoms in total. The van der Waals surface area contributed by atoms with Crippen molar-refractivity contribution < 1.29 is 19.1 Å². The van der Waals surface area contributed by atoms with Crippen LogP contribution in [-0.4, -0.2) is 42.7 Å². The van der Waals surface area contributed by atoms with E-state index in [1.54, 1.807) is 49.5 Å². The second kappa shape index (κ2) is 9.14. The summed E-state index contributed by atoms with van der Waals surface area (Å²) in [6, 6.07) is 10.2. The van der Waals surface area contributed by atoms with Crippen LogP contribution in [0, 0.1) is 0 Å². The van der Waals surface area contributed by atoms with Crippen LogP contribution in [-0.2, 0) is 9.47 Å². The fourth-order valence-corrected chi connectivity index (χ4v) is 2.84. The number of ether oxygens (including phenoxy) is 2. The number of pyridine rings is 1. The van der Waals surface area contributed by atoms with Crippen LogP contribution in [0.5, 0.6) is 0 Å². The van der Waals surface area contributed by atoms with Crippen LogP contribution in [0.15, 0.2) is 42.6 Å². The van der Waals surface area contributed by atoms with Crippen LogP contribution in [0.25, 0.3) is 0 Å². The summed E-state index contributed by atoms with van der Waals surface area (Å²) in [6.07, 6.45) is 3.99. The van der Waals surface area contributed by atoms with Crippen LogP contribution < -0.4 is 10.6 Å². The summed E-state index contributed by atoms with van der Waals surface area (Å²) in [7, 11) is 0. The second-order valence-electron chi connectivity index (χ2n) is 6.17. The molecule has 2 N–H and O–H groups in total. The van der Waals surface area contributed by atoms with Crippen LogP contribution in [0.3, 0.4) is 0 Å². The Morgan fingerprint density at radius 3 is 2.81 bits per heavy atom. The number of aromatic nitrogens is 1. The van der Waals surface area contributed by atoms with E-state index < -0.39 is 11.9 Å². The third kappa shape index (κ3) is 5.04. The highest BCUT2D eigenvalue weighted by Gasteiger charge is 2.16. The molecule has 0 saturated carbocycles. The highest BCUT2D eigenvalue weighted by molar-refractivity contribution is 6.07. The molecule has 1 unspecified atom stereocenters. The topological polar surface area (TPSA) is 89.5 Å². The molecule has 0 radical (unpaired) electrons. The number of anilines is 2. The SMILES string of the molecule is CCOC(=O)c1ccccc1NC(=O)c1ccc(NCC2CCCO2)cn1. The van der Waals surface area contributed by atoms with E-state index >= 15 is 0 Å². The zero-order valence-corrected chi connectivity index (χ0v) is 15.2. The fraction of sp³-hybridized carbons (Fsp3) is 0.350. The number of hydrogen-bond donors (Lipinski definition) is 2. The standard InChI is InChI=1S/C20H23N3O4/c1-2-26-20(25)16-7-3-4-8-17(16)23-19(24)18-10-9-14(12-22-18)21-13-15-6-5-11-27-15/h3-4,7-10,12,15,21H,2,5-6,11,13H2,1H3,(H,23,24). The maximum Gasteiger partial charge on any atom is 0.340 e. The summed E-state index contributed by atoms with van der Waals surface area (Å²) in [5.74, 6) is -0.868. The van der Waals surface area contributed by atoms with Crippen molar-refractivity contribution in [1.29, 1.82) is 0 Å². The zero-order valence-electron chi connectivity index (χ0n) is 15.2. The minimum Gasteiger partial charge on any atom is -0.462 e. The lowest BCUT2D eigenvalue weighted by Gasteiger charge is -2.12. The quantitative estimate of drug-likeness (QED) is 0.729. The maximum atomic E-state index is 12.5. The van der Waals surface area contributed by atoms with Gasteiger partial charge in [0.05, 0.1) is 35.8 Å². The van der Waals surface area contributed by atoms with Gasteiger partial charge >= 0.3 is 5.97 Å². The first-order chi connectivity index (χ1) is 13.2. The Morgan fingerprint density at radius 2 is 2.11 bits per heavy atom. The van der Waals surface area contributed by atoms with Crippen molar-refractivity contribution in [2.75, 3.05) is 30.4 Å². The number of rotatable bonds is 7. The van der Waals surface area contributed by atoms with Crippen LogP contribution in [0.2, 0.25) is 0 Å². The summed E-state index contributed by atoms with van der Waals surface area (Å²) >= 11 is 0. The molecule has 1 aliphatic heterocycles. The first-order valence-electron chi connectivity index (χ1n) is 9.06. The molecule has 0 aliphatic carbocycles. The number of amides is 1. The van der Waals surface area contributed by atoms with E-state index in [1.807, 2.05) is 0 Å². The second-order valence-corrected chi connectivity index (χ2v) is 6.17. The van der Waals surface area contributed by atoms with Gasteiger partial charge in [-0.1, -0.05) is 12.1 Å². The smallest absolute Gasteiger partial charge is 0.340 e. The highest BCUT2D eigenvalue weighted by atomic mass is 16.5. The third-order valence-electron chi connectivity index (χ3n) is 4.22. The number of benzene rings is 1. The zero-order chi connectivity index (χ0) is 19.1. The molecule has 1 aromatic heterocycles. The van der Waals surface area contributed by atoms with Gasteiger partial charge in [0, 0.05) is 13.2 Å². The predicted molar refractivity (Wildman–Crippen MR) is 102 cm³/mol. The summed E-state index contributed by atoms with van der Waals surface area (Å²) in [5, 5.41) is 5.98. The van der Waals surface area contributed by atoms with E-state index in [4.69, 9.17) is 9.47 Å². The summed E-state index contributed by atoms with van der Waals surface area (Å²) in [5.41, 5.74) is 1.79. The number of nitrogens with zero attached hydrogens (tertiary/aromatic N) is 1. The molecule has 2 heterocycles. The van der Waals surface area contributed by atoms with Crippen molar-refractivity contribution >= 4 is 23.3 Å². The van der Waals surface area contributed by atoms with E-state index in [0.29, 0.717) is 11.3 Å². The van der Waals surface area contributed by atoms with E-state index in [2.05, 4.69) is 15.6 Å². The van der Waals surface area contributed by atoms with Crippen LogP contribution >= 0.6 is 0 Å². The molecule has 0 spiro atoms. The first-order valence-corrected chi connectivity index (χ1v) is 9.06. The first kappa shape index (κ1) is 18.8. The van der Waals surface area contributed by atoms with Gasteiger partial charge in [-0.05, 0) is 44.0 Å². The molecule has 1 aromatic carbocycles. The maximum absolute atomic E-state index is 12.5. The summed E-state index contributed by atoms with van der Waals surface area (Å²) in [6.45, 7) is 3.54. The highest BCUT2D eigenvalue weighted by Crippen LogP contribution is 2.18. The Bertz CT molecular complexity index is 786. The Balaban J connectivity index is 1.62. The van der Waals surface area contributed by atoms with Crippen molar-refractivity contribution in [3.63, 3.8) is 0 Å². The van der Waals surface area contributed by atoms with Crippen molar-refractivity contribution in [2.24, 2.45) is 0 Å². The van der Waals surface area contributed by atoms with Gasteiger partial charge in [-0.3, -0.25) is 4.79 Å². The van der Waals surface area contributed by atoms with E-state index in [-0.39, 0.29) is 18.4 Å². The fourth-order valence-electron chi connectivity index (χ4n) is 2.84. The molecule has 142 valence electrons. The van der Waals surface area contributed by atoms with Gasteiger partial charge in [0.15, 0.2) is 0 Å². The number of para-hydroxylation sites is 1. The monoisotopic (exact) mass is 369 g/mol. The van der Waals surface area contributed by atoms with E-state index in [1.165, 1.54) is 0 Å². The lowest BCUT2D eigenvalue weighted by atomic mass is 10.1. The Morgan fingerprint density at radius 1 is 1.26 bits per heavy atom. The molecular formula is C20H23N3O4. The third-order valence-corrected chi connectivity index (χ3v) is 4.22. The van der Waals surface area contributed by atoms with Crippen LogP contribution in [0.4, 0.5) is 11.4 Å². The Kier molecular flexibility index (Phi) is 6.38. The van der Waals surface area contributed by atoms with Crippen LogP contribution in [0.1, 0.15) is 40.6 Å². The largest absolute Gasteiger partial charge is 0.462 e. The minimum atomic E-state index is -0.477. The van der Waals surface area contributed by atoms with Crippen molar-refractivity contribution in [1.82, 2.24) is 4.98 Å². The number of esters is 1. The van der Waals surface area contributed by atoms with Crippen molar-refractivity contribution in [3.8, 4) is 0 Å². The molecule has 27 heavy (non-hydrogen) atoms. The molecule has 1 fully saturated rings. The van der Waals surface area contributed by atoms with Crippen molar-refractivity contribution in [3.05, 3.63) is 53.9 Å². The van der Waals surface area contributed by atoms with Gasteiger partial charge in [0.25, 0.3) is 5.91 Å². The van der Waals surface area contributed by atoms with E-state index in [0.717, 1.165) is 31.7 Å². The van der Waals surface area contributed by atoms with Gasteiger partial charge < -0.3 is 20.1 Å². The molecule has 1 saturated heterocycles. The average molecular weight is 369 g/mol. The summed E-state index contributed by atoms with van der Waals surface area (Å²) < 4.78 is 10.6. The van der Waals surface area contributed by atoms with Gasteiger partial charge in [0.1, 0.15) is 5.69 Å². The summed E-state index contributed by atoms with van der Waals surface area (Å²) in [4.78, 5) is 28.7. The molecule has 7 heteroatoms. The number of carbonyl (C=O) groups excluding carboxylic acids is 2. The Labute approximate surface area is 158 Å². The minimum absolute atomic E-state index is 0.229. The molecule has 1 amide bonds. The normalized spacial score (nSPS) is 16.0. The molecule has 2 aromatic rings. The van der Waals surface area contributed by atoms with Gasteiger partial charge in [-0.15, -0.1) is 0 Å². The predicted octanol–water partition coefficient (Wildman–Crippen LogP) is 3.10. The number of nitrogens with one attached hydrogen (secondary N) is 2. The number of hydrogen-bond acceptors (Lipinski definition) is 6. The number of carbonyl (C=O) groups is 2.